The maximum absolute atomic E-state index is 13.1. The fraction of sp³-hybridized carbons (Fsp3) is 0.619. The van der Waals surface area contributed by atoms with Gasteiger partial charge in [0.15, 0.2) is 0 Å². The summed E-state index contributed by atoms with van der Waals surface area (Å²) in [5.74, 6) is -0.847. The van der Waals surface area contributed by atoms with E-state index in [4.69, 9.17) is 0 Å². The van der Waals surface area contributed by atoms with Gasteiger partial charge in [0, 0.05) is 12.5 Å². The number of hydrogen-bond donors (Lipinski definition) is 1. The number of carbonyl (C=O) groups is 2. The molecule has 1 N–H and O–H groups in total. The van der Waals surface area contributed by atoms with Gasteiger partial charge in [-0.1, -0.05) is 38.2 Å². The molecule has 1 aliphatic carbocycles. The summed E-state index contributed by atoms with van der Waals surface area (Å²) in [5.41, 5.74) is 1.81. The topological polar surface area (TPSA) is 83.6 Å². The predicted octanol–water partition coefficient (Wildman–Crippen LogP) is 3.21. The molecule has 0 unspecified atom stereocenters. The fourth-order valence-corrected chi connectivity index (χ4v) is 5.77. The molecule has 1 atom stereocenters. The molecule has 1 aromatic carbocycles. The molecule has 1 aromatic rings. The third-order valence-electron chi connectivity index (χ3n) is 5.95. The first-order valence-electron chi connectivity index (χ1n) is 10.3. The zero-order valence-electron chi connectivity index (χ0n) is 16.7. The Morgan fingerprint density at radius 1 is 1.00 bits per heavy atom. The van der Waals surface area contributed by atoms with Gasteiger partial charge in [-0.05, 0) is 56.4 Å². The normalized spacial score (nSPS) is 22.0. The number of carbonyl (C=O) groups excluding carboxylic acids is 2. The second-order valence-corrected chi connectivity index (χ2v) is 9.86. The van der Waals surface area contributed by atoms with E-state index in [1.54, 1.807) is 12.1 Å². The van der Waals surface area contributed by atoms with Gasteiger partial charge in [-0.15, -0.1) is 0 Å². The molecule has 1 heterocycles. The summed E-state index contributed by atoms with van der Waals surface area (Å²) in [7, 11) is -4.05. The zero-order valence-corrected chi connectivity index (χ0v) is 17.6. The summed E-state index contributed by atoms with van der Waals surface area (Å²) >= 11 is 0. The molecule has 0 bridgehead atoms. The average Bonchev–Trinajstić information content (AvgIpc) is 3.02. The van der Waals surface area contributed by atoms with Crippen LogP contribution in [-0.2, 0) is 19.6 Å². The molecular formula is C21H30N2O4S. The second-order valence-electron chi connectivity index (χ2n) is 8.05. The summed E-state index contributed by atoms with van der Waals surface area (Å²) < 4.78 is 27.1. The minimum absolute atomic E-state index is 0.0644. The van der Waals surface area contributed by atoms with E-state index in [1.165, 1.54) is 25.3 Å². The van der Waals surface area contributed by atoms with Crippen molar-refractivity contribution in [2.75, 3.05) is 0 Å². The maximum atomic E-state index is 13.1. The Morgan fingerprint density at radius 2 is 1.64 bits per heavy atom. The molecule has 6 nitrogen and oxygen atoms in total. The maximum Gasteiger partial charge on any atom is 0.267 e. The van der Waals surface area contributed by atoms with E-state index < -0.39 is 22.0 Å². The van der Waals surface area contributed by atoms with Crippen molar-refractivity contribution in [3.63, 3.8) is 0 Å². The van der Waals surface area contributed by atoms with Crippen LogP contribution in [-0.4, -0.2) is 36.6 Å². The highest BCUT2D eigenvalue weighted by Gasteiger charge is 2.44. The van der Waals surface area contributed by atoms with Gasteiger partial charge < -0.3 is 5.32 Å². The highest BCUT2D eigenvalue weighted by atomic mass is 32.2. The molecule has 28 heavy (non-hydrogen) atoms. The number of sulfonamides is 1. The van der Waals surface area contributed by atoms with Crippen molar-refractivity contribution < 1.29 is 18.0 Å². The molecule has 7 heteroatoms. The molecule has 2 aliphatic rings. The van der Waals surface area contributed by atoms with Gasteiger partial charge in [0.2, 0.25) is 11.8 Å². The van der Waals surface area contributed by atoms with E-state index in [9.17, 15) is 18.0 Å². The van der Waals surface area contributed by atoms with E-state index in [1.807, 2.05) is 13.8 Å². The number of benzene rings is 1. The summed E-state index contributed by atoms with van der Waals surface area (Å²) in [6.07, 6.45) is 7.85. The number of nitrogens with one attached hydrogen (secondary N) is 1. The Hall–Kier alpha value is -1.89. The van der Waals surface area contributed by atoms with Crippen LogP contribution in [0.2, 0.25) is 0 Å². The first-order valence-corrected chi connectivity index (χ1v) is 11.7. The van der Waals surface area contributed by atoms with E-state index in [0.717, 1.165) is 41.1 Å². The first-order chi connectivity index (χ1) is 13.3. The van der Waals surface area contributed by atoms with Gasteiger partial charge in [0.1, 0.15) is 6.04 Å². The molecule has 1 saturated heterocycles. The number of aryl methyl sites for hydroxylation is 2. The van der Waals surface area contributed by atoms with Gasteiger partial charge in [0.05, 0.1) is 4.90 Å². The van der Waals surface area contributed by atoms with Gasteiger partial charge in [-0.3, -0.25) is 9.59 Å². The molecule has 0 aromatic heterocycles. The standard InChI is InChI=1S/C21H30N2O4S/c1-15-10-11-18(14-16(15)2)28(26,27)23-19(12-13-20(23)24)21(25)22-17-8-6-4-3-5-7-9-17/h10-11,14,17,19H,3-9,12-13H2,1-2H3,(H,22,25)/t19-/m0/s1. The molecular weight excluding hydrogens is 376 g/mol. The summed E-state index contributed by atoms with van der Waals surface area (Å²) in [5, 5.41) is 3.03. The van der Waals surface area contributed by atoms with Crippen molar-refractivity contribution in [1.82, 2.24) is 9.62 Å². The number of nitrogens with zero attached hydrogens (tertiary/aromatic N) is 1. The van der Waals surface area contributed by atoms with Crippen LogP contribution in [0.15, 0.2) is 23.1 Å². The van der Waals surface area contributed by atoms with Gasteiger partial charge in [-0.2, -0.15) is 0 Å². The van der Waals surface area contributed by atoms with E-state index in [-0.39, 0.29) is 29.7 Å². The lowest BCUT2D eigenvalue weighted by Crippen LogP contribution is -2.50. The van der Waals surface area contributed by atoms with Gasteiger partial charge >= 0.3 is 0 Å². The van der Waals surface area contributed by atoms with Crippen molar-refractivity contribution >= 4 is 21.8 Å². The molecule has 0 spiro atoms. The Labute approximate surface area is 167 Å². The zero-order chi connectivity index (χ0) is 20.3. The predicted molar refractivity (Wildman–Crippen MR) is 107 cm³/mol. The Kier molecular flexibility index (Phi) is 6.43. The van der Waals surface area contributed by atoms with Crippen LogP contribution in [0.3, 0.4) is 0 Å². The molecule has 154 valence electrons. The van der Waals surface area contributed by atoms with Gasteiger partial charge in [0.25, 0.3) is 10.0 Å². The second kappa shape index (κ2) is 8.64. The van der Waals surface area contributed by atoms with Crippen LogP contribution in [0.4, 0.5) is 0 Å². The van der Waals surface area contributed by atoms with Crippen LogP contribution in [0.1, 0.15) is 68.9 Å². The number of amides is 2. The monoisotopic (exact) mass is 406 g/mol. The highest BCUT2D eigenvalue weighted by molar-refractivity contribution is 7.89. The van der Waals surface area contributed by atoms with E-state index in [2.05, 4.69) is 5.32 Å². The summed E-state index contributed by atoms with van der Waals surface area (Å²) in [6.45, 7) is 3.73. The fourth-order valence-electron chi connectivity index (χ4n) is 4.09. The average molecular weight is 407 g/mol. The quantitative estimate of drug-likeness (QED) is 0.832. The van der Waals surface area contributed by atoms with Crippen LogP contribution in [0, 0.1) is 13.8 Å². The SMILES string of the molecule is Cc1ccc(S(=O)(=O)N2C(=O)CC[C@H]2C(=O)NC2CCCCCCC2)cc1C. The van der Waals surface area contributed by atoms with Crippen molar-refractivity contribution in [3.05, 3.63) is 29.3 Å². The molecule has 1 aliphatic heterocycles. The third kappa shape index (κ3) is 4.40. The van der Waals surface area contributed by atoms with Crippen molar-refractivity contribution in [1.29, 1.82) is 0 Å². The van der Waals surface area contributed by atoms with Crippen molar-refractivity contribution in [2.45, 2.75) is 88.6 Å². The smallest absolute Gasteiger partial charge is 0.267 e. The van der Waals surface area contributed by atoms with Crippen LogP contribution >= 0.6 is 0 Å². The molecule has 0 radical (unpaired) electrons. The lowest BCUT2D eigenvalue weighted by Gasteiger charge is -2.27. The summed E-state index contributed by atoms with van der Waals surface area (Å²) in [6, 6.07) is 3.92. The minimum Gasteiger partial charge on any atom is -0.352 e. The largest absolute Gasteiger partial charge is 0.352 e. The van der Waals surface area contributed by atoms with E-state index >= 15 is 0 Å². The summed E-state index contributed by atoms with van der Waals surface area (Å²) in [4.78, 5) is 25.4. The molecule has 1 saturated carbocycles. The van der Waals surface area contributed by atoms with Gasteiger partial charge in [-0.25, -0.2) is 12.7 Å². The number of hydrogen-bond acceptors (Lipinski definition) is 4. The highest BCUT2D eigenvalue weighted by Crippen LogP contribution is 2.29. The lowest BCUT2D eigenvalue weighted by atomic mass is 9.96. The van der Waals surface area contributed by atoms with Crippen LogP contribution < -0.4 is 5.32 Å². The van der Waals surface area contributed by atoms with Crippen molar-refractivity contribution in [2.24, 2.45) is 0 Å². The molecule has 2 fully saturated rings. The molecule has 3 rings (SSSR count). The minimum atomic E-state index is -4.05. The Morgan fingerprint density at radius 3 is 2.29 bits per heavy atom. The first kappa shape index (κ1) is 20.8. The Balaban J connectivity index is 1.79. The van der Waals surface area contributed by atoms with Crippen LogP contribution in [0.5, 0.6) is 0 Å². The Bertz CT molecular complexity index is 842. The van der Waals surface area contributed by atoms with Crippen LogP contribution in [0.25, 0.3) is 0 Å². The van der Waals surface area contributed by atoms with E-state index in [0.29, 0.717) is 0 Å². The number of rotatable bonds is 4. The lowest BCUT2D eigenvalue weighted by molar-refractivity contribution is -0.131. The van der Waals surface area contributed by atoms with Crippen molar-refractivity contribution in [3.8, 4) is 0 Å². The molecule has 2 amide bonds. The third-order valence-corrected chi connectivity index (χ3v) is 7.78.